The topological polar surface area (TPSA) is 41.1 Å². The van der Waals surface area contributed by atoms with Crippen molar-refractivity contribution >= 4 is 5.91 Å². The first kappa shape index (κ1) is 13.9. The molecule has 1 unspecified atom stereocenters. The van der Waals surface area contributed by atoms with Crippen LogP contribution in [0, 0.1) is 5.41 Å². The van der Waals surface area contributed by atoms with Crippen LogP contribution in [0.5, 0.6) is 0 Å². The fourth-order valence-electron chi connectivity index (χ4n) is 3.49. The van der Waals surface area contributed by atoms with E-state index in [-0.39, 0.29) is 11.4 Å². The molecule has 0 aromatic carbocycles. The number of nitrogens with one attached hydrogen (secondary N) is 2. The fourth-order valence-corrected chi connectivity index (χ4v) is 3.49. The van der Waals surface area contributed by atoms with Gasteiger partial charge in [0.1, 0.15) is 0 Å². The molecule has 1 saturated carbocycles. The van der Waals surface area contributed by atoms with Gasteiger partial charge in [-0.1, -0.05) is 19.8 Å². The van der Waals surface area contributed by atoms with E-state index < -0.39 is 0 Å². The number of carbonyl (C=O) groups excluding carboxylic acids is 1. The van der Waals surface area contributed by atoms with Crippen molar-refractivity contribution in [2.45, 2.75) is 70.8 Å². The Morgan fingerprint density at radius 2 is 1.83 bits per heavy atom. The first-order valence-corrected chi connectivity index (χ1v) is 7.64. The summed E-state index contributed by atoms with van der Waals surface area (Å²) in [4.78, 5) is 12.4. The molecule has 1 heterocycles. The maximum absolute atomic E-state index is 12.4. The largest absolute Gasteiger partial charge is 0.354 e. The predicted octanol–water partition coefficient (Wildman–Crippen LogP) is 2.61. The zero-order chi connectivity index (χ0) is 13.1. The molecule has 1 atom stereocenters. The molecule has 2 aliphatic rings. The van der Waals surface area contributed by atoms with Crippen LogP contribution in [0.2, 0.25) is 0 Å². The molecule has 0 bridgehead atoms. The molecule has 2 rings (SSSR count). The molecule has 1 saturated heterocycles. The lowest BCUT2D eigenvalue weighted by Crippen LogP contribution is -2.58. The normalized spacial score (nSPS) is 31.2. The van der Waals surface area contributed by atoms with E-state index in [2.05, 4.69) is 24.5 Å². The highest BCUT2D eigenvalue weighted by Crippen LogP contribution is 2.40. The summed E-state index contributed by atoms with van der Waals surface area (Å²) in [6, 6.07) is 0. The van der Waals surface area contributed by atoms with Gasteiger partial charge in [0, 0.05) is 6.54 Å². The average molecular weight is 252 g/mol. The fraction of sp³-hybridized carbons (Fsp3) is 0.933. The van der Waals surface area contributed by atoms with Gasteiger partial charge in [-0.2, -0.15) is 0 Å². The van der Waals surface area contributed by atoms with E-state index in [1.54, 1.807) is 0 Å². The second-order valence-corrected chi connectivity index (χ2v) is 6.46. The number of piperidine rings is 1. The highest BCUT2D eigenvalue weighted by Gasteiger charge is 2.37. The van der Waals surface area contributed by atoms with Gasteiger partial charge in [0.25, 0.3) is 0 Å². The van der Waals surface area contributed by atoms with Crippen molar-refractivity contribution in [3.63, 3.8) is 0 Å². The molecule has 3 nitrogen and oxygen atoms in total. The van der Waals surface area contributed by atoms with Crippen LogP contribution in [0.15, 0.2) is 0 Å². The SMILES string of the molecule is CCC1(CNC(=O)C2(C)CCCCN2)CCCC1. The molecule has 1 amide bonds. The van der Waals surface area contributed by atoms with Gasteiger partial charge in [-0.3, -0.25) is 4.79 Å². The first-order chi connectivity index (χ1) is 8.60. The standard InChI is InChI=1S/C15H28N2O/c1-3-15(9-4-5-10-15)12-16-13(18)14(2)8-6-7-11-17-14/h17H,3-12H2,1-2H3,(H,16,18). The Labute approximate surface area is 111 Å². The minimum Gasteiger partial charge on any atom is -0.354 e. The molecular weight excluding hydrogens is 224 g/mol. The Kier molecular flexibility index (Phi) is 4.31. The smallest absolute Gasteiger partial charge is 0.240 e. The van der Waals surface area contributed by atoms with Gasteiger partial charge in [-0.25, -0.2) is 0 Å². The van der Waals surface area contributed by atoms with Crippen LogP contribution in [0.1, 0.15) is 65.2 Å². The highest BCUT2D eigenvalue weighted by molar-refractivity contribution is 5.86. The molecule has 0 aromatic heterocycles. The van der Waals surface area contributed by atoms with Crippen LogP contribution in [-0.4, -0.2) is 24.5 Å². The Morgan fingerprint density at radius 3 is 2.39 bits per heavy atom. The van der Waals surface area contributed by atoms with Crippen molar-refractivity contribution < 1.29 is 4.79 Å². The summed E-state index contributed by atoms with van der Waals surface area (Å²) in [7, 11) is 0. The minimum atomic E-state index is -0.328. The average Bonchev–Trinajstić information content (AvgIpc) is 2.86. The Morgan fingerprint density at radius 1 is 1.17 bits per heavy atom. The second kappa shape index (κ2) is 5.60. The van der Waals surface area contributed by atoms with Gasteiger partial charge in [0.2, 0.25) is 5.91 Å². The van der Waals surface area contributed by atoms with Crippen LogP contribution in [0.3, 0.4) is 0 Å². The monoisotopic (exact) mass is 252 g/mol. The van der Waals surface area contributed by atoms with Gasteiger partial charge in [0.15, 0.2) is 0 Å². The van der Waals surface area contributed by atoms with E-state index in [1.807, 2.05) is 0 Å². The maximum atomic E-state index is 12.4. The third kappa shape index (κ3) is 2.87. The summed E-state index contributed by atoms with van der Waals surface area (Å²) < 4.78 is 0. The highest BCUT2D eigenvalue weighted by atomic mass is 16.2. The number of hydrogen-bond donors (Lipinski definition) is 2. The summed E-state index contributed by atoms with van der Waals surface area (Å²) in [5.74, 6) is 0.210. The van der Waals surface area contributed by atoms with Gasteiger partial charge < -0.3 is 10.6 Å². The summed E-state index contributed by atoms with van der Waals surface area (Å²) >= 11 is 0. The maximum Gasteiger partial charge on any atom is 0.240 e. The third-order valence-electron chi connectivity index (χ3n) is 5.16. The van der Waals surface area contributed by atoms with E-state index in [9.17, 15) is 4.79 Å². The zero-order valence-corrected chi connectivity index (χ0v) is 12.0. The molecule has 2 fully saturated rings. The summed E-state index contributed by atoms with van der Waals surface area (Å²) in [5, 5.41) is 6.61. The van der Waals surface area contributed by atoms with Gasteiger partial charge in [-0.05, 0) is 57.4 Å². The predicted molar refractivity (Wildman–Crippen MR) is 74.5 cm³/mol. The number of carbonyl (C=O) groups is 1. The van der Waals surface area contributed by atoms with Gasteiger partial charge in [-0.15, -0.1) is 0 Å². The summed E-state index contributed by atoms with van der Waals surface area (Å²) in [6.07, 6.45) is 9.76. The van der Waals surface area contributed by atoms with E-state index in [1.165, 1.54) is 38.5 Å². The van der Waals surface area contributed by atoms with Crippen LogP contribution < -0.4 is 10.6 Å². The van der Waals surface area contributed by atoms with Crippen molar-refractivity contribution in [3.05, 3.63) is 0 Å². The summed E-state index contributed by atoms with van der Waals surface area (Å²) in [6.45, 7) is 6.16. The van der Waals surface area contributed by atoms with Gasteiger partial charge in [0.05, 0.1) is 5.54 Å². The van der Waals surface area contributed by atoms with E-state index in [0.29, 0.717) is 5.41 Å². The molecule has 1 aliphatic carbocycles. The molecule has 18 heavy (non-hydrogen) atoms. The molecule has 0 spiro atoms. The first-order valence-electron chi connectivity index (χ1n) is 7.64. The Balaban J connectivity index is 1.87. The Hall–Kier alpha value is -0.570. The van der Waals surface area contributed by atoms with Crippen molar-refractivity contribution in [3.8, 4) is 0 Å². The number of hydrogen-bond acceptors (Lipinski definition) is 2. The third-order valence-corrected chi connectivity index (χ3v) is 5.16. The van der Waals surface area contributed by atoms with Crippen LogP contribution in [0.25, 0.3) is 0 Å². The van der Waals surface area contributed by atoms with Crippen LogP contribution in [0.4, 0.5) is 0 Å². The molecular formula is C15H28N2O. The van der Waals surface area contributed by atoms with Crippen molar-refractivity contribution in [2.24, 2.45) is 5.41 Å². The molecule has 2 N–H and O–H groups in total. The molecule has 104 valence electrons. The number of amides is 1. The molecule has 0 aromatic rings. The van der Waals surface area contributed by atoms with E-state index >= 15 is 0 Å². The molecule has 3 heteroatoms. The summed E-state index contributed by atoms with van der Waals surface area (Å²) in [5.41, 5.74) is 0.0620. The minimum absolute atomic E-state index is 0.210. The molecule has 1 aliphatic heterocycles. The zero-order valence-electron chi connectivity index (χ0n) is 12.0. The second-order valence-electron chi connectivity index (χ2n) is 6.46. The van der Waals surface area contributed by atoms with Crippen LogP contribution >= 0.6 is 0 Å². The van der Waals surface area contributed by atoms with E-state index in [4.69, 9.17) is 0 Å². The lowest BCUT2D eigenvalue weighted by atomic mass is 9.82. The Bertz CT molecular complexity index is 289. The van der Waals surface area contributed by atoms with Crippen molar-refractivity contribution in [1.82, 2.24) is 10.6 Å². The quantitative estimate of drug-likeness (QED) is 0.807. The van der Waals surface area contributed by atoms with E-state index in [0.717, 1.165) is 25.9 Å². The van der Waals surface area contributed by atoms with Crippen molar-refractivity contribution in [2.75, 3.05) is 13.1 Å². The number of rotatable bonds is 4. The lowest BCUT2D eigenvalue weighted by Gasteiger charge is -2.35. The van der Waals surface area contributed by atoms with Crippen molar-refractivity contribution in [1.29, 1.82) is 0 Å². The lowest BCUT2D eigenvalue weighted by molar-refractivity contribution is -0.128. The molecule has 0 radical (unpaired) electrons. The van der Waals surface area contributed by atoms with Crippen LogP contribution in [-0.2, 0) is 4.79 Å². The van der Waals surface area contributed by atoms with Gasteiger partial charge >= 0.3 is 0 Å².